The third-order valence-corrected chi connectivity index (χ3v) is 3.17. The number of methoxy groups -OCH3 is 1. The third kappa shape index (κ3) is 4.00. The van der Waals surface area contributed by atoms with Crippen LogP contribution in [0, 0.1) is 0 Å². The molecule has 3 heteroatoms. The molecule has 18 heavy (non-hydrogen) atoms. The van der Waals surface area contributed by atoms with Crippen molar-refractivity contribution in [3.05, 3.63) is 29.3 Å². The minimum Gasteiger partial charge on any atom is -0.496 e. The van der Waals surface area contributed by atoms with Gasteiger partial charge in [-0.15, -0.1) is 0 Å². The molecule has 1 atom stereocenters. The van der Waals surface area contributed by atoms with E-state index in [0.29, 0.717) is 0 Å². The first kappa shape index (κ1) is 15.0. The third-order valence-electron chi connectivity index (χ3n) is 3.17. The molecule has 0 fully saturated rings. The van der Waals surface area contributed by atoms with Crippen LogP contribution in [0.4, 0.5) is 0 Å². The Bertz CT molecular complexity index is 364. The van der Waals surface area contributed by atoms with Crippen LogP contribution in [0.5, 0.6) is 5.75 Å². The van der Waals surface area contributed by atoms with Crippen molar-refractivity contribution < 1.29 is 9.84 Å². The average Bonchev–Trinajstić information content (AvgIpc) is 2.37. The molecule has 1 unspecified atom stereocenters. The number of hydrogen-bond donors (Lipinski definition) is 1. The van der Waals surface area contributed by atoms with Gasteiger partial charge >= 0.3 is 0 Å². The number of ether oxygens (including phenoxy) is 1. The molecular formula is C15H25NO2. The molecule has 1 N–H and O–H groups in total. The van der Waals surface area contributed by atoms with Crippen molar-refractivity contribution in [3.8, 4) is 5.75 Å². The Kier molecular flexibility index (Phi) is 6.16. The van der Waals surface area contributed by atoms with E-state index in [-0.39, 0.29) is 0 Å². The molecule has 0 aliphatic heterocycles. The number of aliphatic hydroxyl groups excluding tert-OH is 1. The maximum atomic E-state index is 9.65. The first-order valence-electron chi connectivity index (χ1n) is 6.69. The Morgan fingerprint density at radius 1 is 1.33 bits per heavy atom. The molecule has 0 saturated carbocycles. The van der Waals surface area contributed by atoms with Crippen molar-refractivity contribution in [1.82, 2.24) is 4.90 Å². The fourth-order valence-corrected chi connectivity index (χ4v) is 2.09. The Morgan fingerprint density at radius 3 is 2.56 bits per heavy atom. The van der Waals surface area contributed by atoms with E-state index in [9.17, 15) is 5.11 Å². The summed E-state index contributed by atoms with van der Waals surface area (Å²) in [4.78, 5) is 2.38. The van der Waals surface area contributed by atoms with Gasteiger partial charge in [-0.05, 0) is 44.1 Å². The SMILES string of the molecule is CCCN(CC)Cc1cc(C(C)O)ccc1OC. The standard InChI is InChI=1S/C15H25NO2/c1-5-9-16(6-2)11-14-10-13(12(3)17)7-8-15(14)18-4/h7-8,10,12,17H,5-6,9,11H2,1-4H3. The molecule has 0 bridgehead atoms. The Morgan fingerprint density at radius 2 is 2.06 bits per heavy atom. The number of hydrogen-bond acceptors (Lipinski definition) is 3. The molecule has 1 rings (SSSR count). The number of rotatable bonds is 7. The Labute approximate surface area is 110 Å². The van der Waals surface area contributed by atoms with E-state index in [1.807, 2.05) is 18.2 Å². The van der Waals surface area contributed by atoms with Crippen LogP contribution in [-0.4, -0.2) is 30.2 Å². The largest absolute Gasteiger partial charge is 0.496 e. The van der Waals surface area contributed by atoms with Gasteiger partial charge in [0, 0.05) is 12.1 Å². The lowest BCUT2D eigenvalue weighted by atomic mass is 10.1. The quantitative estimate of drug-likeness (QED) is 0.808. The molecule has 0 aliphatic carbocycles. The van der Waals surface area contributed by atoms with Crippen LogP contribution in [0.15, 0.2) is 18.2 Å². The van der Waals surface area contributed by atoms with E-state index in [1.54, 1.807) is 14.0 Å². The van der Waals surface area contributed by atoms with Gasteiger partial charge in [0.2, 0.25) is 0 Å². The molecule has 0 amide bonds. The summed E-state index contributed by atoms with van der Waals surface area (Å²) in [6, 6.07) is 5.90. The maximum Gasteiger partial charge on any atom is 0.123 e. The van der Waals surface area contributed by atoms with Crippen molar-refractivity contribution in [2.24, 2.45) is 0 Å². The second-order valence-electron chi connectivity index (χ2n) is 4.62. The highest BCUT2D eigenvalue weighted by Gasteiger charge is 2.10. The minimum atomic E-state index is -0.434. The van der Waals surface area contributed by atoms with Crippen LogP contribution >= 0.6 is 0 Å². The van der Waals surface area contributed by atoms with Crippen molar-refractivity contribution in [3.63, 3.8) is 0 Å². The fraction of sp³-hybridized carbons (Fsp3) is 0.600. The topological polar surface area (TPSA) is 32.7 Å². The molecule has 0 spiro atoms. The van der Waals surface area contributed by atoms with Crippen LogP contribution in [0.2, 0.25) is 0 Å². The van der Waals surface area contributed by atoms with E-state index >= 15 is 0 Å². The fourth-order valence-electron chi connectivity index (χ4n) is 2.09. The Hall–Kier alpha value is -1.06. The predicted octanol–water partition coefficient (Wildman–Crippen LogP) is 2.98. The van der Waals surface area contributed by atoms with Crippen LogP contribution in [0.3, 0.4) is 0 Å². The summed E-state index contributed by atoms with van der Waals surface area (Å²) in [6.45, 7) is 9.12. The zero-order chi connectivity index (χ0) is 13.5. The molecule has 102 valence electrons. The highest BCUT2D eigenvalue weighted by molar-refractivity contribution is 5.38. The normalized spacial score (nSPS) is 12.8. The van der Waals surface area contributed by atoms with E-state index < -0.39 is 6.10 Å². The van der Waals surface area contributed by atoms with Gasteiger partial charge < -0.3 is 9.84 Å². The van der Waals surface area contributed by atoms with Gasteiger partial charge in [0.15, 0.2) is 0 Å². The van der Waals surface area contributed by atoms with Gasteiger partial charge in [-0.2, -0.15) is 0 Å². The molecule has 0 aromatic heterocycles. The lowest BCUT2D eigenvalue weighted by molar-refractivity contribution is 0.198. The molecule has 0 heterocycles. The van der Waals surface area contributed by atoms with Crippen LogP contribution in [0.1, 0.15) is 44.4 Å². The summed E-state index contributed by atoms with van der Waals surface area (Å²) in [5, 5.41) is 9.65. The van der Waals surface area contributed by atoms with Gasteiger partial charge in [-0.25, -0.2) is 0 Å². The van der Waals surface area contributed by atoms with Crippen LogP contribution in [-0.2, 0) is 6.54 Å². The monoisotopic (exact) mass is 251 g/mol. The van der Waals surface area contributed by atoms with E-state index in [0.717, 1.165) is 42.9 Å². The first-order valence-corrected chi connectivity index (χ1v) is 6.69. The summed E-state index contributed by atoms with van der Waals surface area (Å²) in [5.74, 6) is 0.897. The summed E-state index contributed by atoms with van der Waals surface area (Å²) in [7, 11) is 1.69. The second kappa shape index (κ2) is 7.39. The lowest BCUT2D eigenvalue weighted by Crippen LogP contribution is -2.24. The maximum absolute atomic E-state index is 9.65. The molecule has 0 aliphatic rings. The van der Waals surface area contributed by atoms with Gasteiger partial charge in [-0.1, -0.05) is 19.9 Å². The first-order chi connectivity index (χ1) is 8.62. The highest BCUT2D eigenvalue weighted by Crippen LogP contribution is 2.24. The number of aliphatic hydroxyl groups is 1. The molecular weight excluding hydrogens is 226 g/mol. The predicted molar refractivity (Wildman–Crippen MR) is 74.9 cm³/mol. The molecule has 1 aromatic carbocycles. The number of benzene rings is 1. The van der Waals surface area contributed by atoms with Gasteiger partial charge in [0.1, 0.15) is 5.75 Å². The average molecular weight is 251 g/mol. The van der Waals surface area contributed by atoms with Gasteiger partial charge in [0.25, 0.3) is 0 Å². The molecule has 0 saturated heterocycles. The van der Waals surface area contributed by atoms with Crippen LogP contribution < -0.4 is 4.74 Å². The highest BCUT2D eigenvalue weighted by atomic mass is 16.5. The van der Waals surface area contributed by atoms with Crippen molar-refractivity contribution in [2.45, 2.75) is 39.8 Å². The van der Waals surface area contributed by atoms with Crippen LogP contribution in [0.25, 0.3) is 0 Å². The smallest absolute Gasteiger partial charge is 0.123 e. The number of nitrogens with zero attached hydrogens (tertiary/aromatic N) is 1. The van der Waals surface area contributed by atoms with Gasteiger partial charge in [-0.3, -0.25) is 4.90 Å². The Balaban J connectivity index is 2.92. The van der Waals surface area contributed by atoms with Crippen molar-refractivity contribution >= 4 is 0 Å². The lowest BCUT2D eigenvalue weighted by Gasteiger charge is -2.21. The molecule has 3 nitrogen and oxygen atoms in total. The summed E-state index contributed by atoms with van der Waals surface area (Å²) in [6.07, 6.45) is 0.711. The summed E-state index contributed by atoms with van der Waals surface area (Å²) in [5.41, 5.74) is 2.09. The van der Waals surface area contributed by atoms with Gasteiger partial charge in [0.05, 0.1) is 13.2 Å². The van der Waals surface area contributed by atoms with Crippen molar-refractivity contribution in [2.75, 3.05) is 20.2 Å². The van der Waals surface area contributed by atoms with E-state index in [4.69, 9.17) is 4.74 Å². The zero-order valence-electron chi connectivity index (χ0n) is 11.9. The van der Waals surface area contributed by atoms with Crippen molar-refractivity contribution in [1.29, 1.82) is 0 Å². The second-order valence-corrected chi connectivity index (χ2v) is 4.62. The van der Waals surface area contributed by atoms with E-state index in [2.05, 4.69) is 18.7 Å². The zero-order valence-corrected chi connectivity index (χ0v) is 11.9. The summed E-state index contributed by atoms with van der Waals surface area (Å²) >= 11 is 0. The molecule has 1 aromatic rings. The summed E-state index contributed by atoms with van der Waals surface area (Å²) < 4.78 is 5.40. The van der Waals surface area contributed by atoms with E-state index in [1.165, 1.54) is 0 Å². The minimum absolute atomic E-state index is 0.434. The molecule has 0 radical (unpaired) electrons.